The van der Waals surface area contributed by atoms with E-state index in [1.165, 1.54) is 0 Å². The van der Waals surface area contributed by atoms with E-state index < -0.39 is 0 Å². The third-order valence-electron chi connectivity index (χ3n) is 6.37. The molecule has 0 aliphatic carbocycles. The zero-order valence-corrected chi connectivity index (χ0v) is 19.8. The summed E-state index contributed by atoms with van der Waals surface area (Å²) in [6, 6.07) is 7.72. The average molecular weight is 436 g/mol. The third-order valence-corrected chi connectivity index (χ3v) is 6.37. The van der Waals surface area contributed by atoms with Gasteiger partial charge in [0.2, 0.25) is 5.91 Å². The molecule has 3 heterocycles. The molecule has 2 aromatic rings. The Morgan fingerprint density at radius 2 is 1.88 bits per heavy atom. The highest BCUT2D eigenvalue weighted by molar-refractivity contribution is 5.96. The Labute approximate surface area is 190 Å². The van der Waals surface area contributed by atoms with Crippen LogP contribution in [0.3, 0.4) is 0 Å². The lowest BCUT2D eigenvalue weighted by atomic mass is 10.0. The summed E-state index contributed by atoms with van der Waals surface area (Å²) in [4.78, 5) is 41.1. The van der Waals surface area contributed by atoms with Gasteiger partial charge in [-0.2, -0.15) is 0 Å². The number of nitrogens with zero attached hydrogens (tertiary/aromatic N) is 5. The number of carbonyl (C=O) groups is 2. The topological polar surface area (TPSA) is 69.6 Å². The highest BCUT2D eigenvalue weighted by atomic mass is 16.2. The number of anilines is 2. The lowest BCUT2D eigenvalue weighted by molar-refractivity contribution is -0.119. The second-order valence-corrected chi connectivity index (χ2v) is 9.55. The molecule has 1 fully saturated rings. The fraction of sp³-hybridized carbons (Fsp3) is 0.520. The van der Waals surface area contributed by atoms with E-state index in [2.05, 4.69) is 13.8 Å². The average Bonchev–Trinajstić information content (AvgIpc) is 3.25. The zero-order valence-electron chi connectivity index (χ0n) is 19.8. The number of amides is 2. The van der Waals surface area contributed by atoms with Crippen LogP contribution in [0.1, 0.15) is 60.0 Å². The van der Waals surface area contributed by atoms with Gasteiger partial charge < -0.3 is 9.80 Å². The van der Waals surface area contributed by atoms with Crippen molar-refractivity contribution in [1.29, 1.82) is 0 Å². The van der Waals surface area contributed by atoms with Crippen molar-refractivity contribution in [3.8, 4) is 0 Å². The van der Waals surface area contributed by atoms with Gasteiger partial charge in [-0.15, -0.1) is 0 Å². The maximum atomic E-state index is 13.0. The molecule has 4 rings (SSSR count). The molecule has 7 nitrogen and oxygen atoms in total. The SMILES string of the molecule is Cc1nc([C@@H]2CCN(C(=O)c3ccc(N(C)C)cc3)C2)nc2c1CCC(=O)N2CC(C)C. The normalized spacial score (nSPS) is 18.3. The van der Waals surface area contributed by atoms with Gasteiger partial charge >= 0.3 is 0 Å². The number of likely N-dealkylation sites (tertiary alicyclic amines) is 1. The highest BCUT2D eigenvalue weighted by Gasteiger charge is 2.33. The number of benzene rings is 1. The molecule has 1 aromatic heterocycles. The van der Waals surface area contributed by atoms with E-state index in [9.17, 15) is 9.59 Å². The van der Waals surface area contributed by atoms with Gasteiger partial charge in [-0.05, 0) is 49.9 Å². The minimum absolute atomic E-state index is 0.0455. The molecule has 7 heteroatoms. The van der Waals surface area contributed by atoms with Gasteiger partial charge in [0.05, 0.1) is 0 Å². The van der Waals surface area contributed by atoms with Crippen molar-refractivity contribution in [3.63, 3.8) is 0 Å². The standard InChI is InChI=1S/C25H33N5O2/c1-16(2)14-30-22(31)11-10-21-17(3)26-23(27-24(21)30)19-12-13-29(15-19)25(32)18-6-8-20(9-7-18)28(4)5/h6-9,16,19H,10-15H2,1-5H3/t19-/m1/s1. The van der Waals surface area contributed by atoms with Crippen LogP contribution in [0.4, 0.5) is 11.5 Å². The molecule has 1 atom stereocenters. The van der Waals surface area contributed by atoms with E-state index in [1.807, 2.05) is 60.0 Å². The van der Waals surface area contributed by atoms with Crippen molar-refractivity contribution >= 4 is 23.3 Å². The number of hydrogen-bond donors (Lipinski definition) is 0. The smallest absolute Gasteiger partial charge is 0.253 e. The molecule has 0 bridgehead atoms. The van der Waals surface area contributed by atoms with Crippen molar-refractivity contribution in [2.75, 3.05) is 43.5 Å². The van der Waals surface area contributed by atoms with Gasteiger partial charge in [0.25, 0.3) is 5.91 Å². The van der Waals surface area contributed by atoms with Crippen molar-refractivity contribution in [2.45, 2.75) is 46.0 Å². The van der Waals surface area contributed by atoms with Crippen LogP contribution in [0.15, 0.2) is 24.3 Å². The monoisotopic (exact) mass is 435 g/mol. The van der Waals surface area contributed by atoms with Gasteiger partial charge in [-0.1, -0.05) is 13.8 Å². The molecule has 1 saturated heterocycles. The predicted molar refractivity (Wildman–Crippen MR) is 126 cm³/mol. The summed E-state index contributed by atoms with van der Waals surface area (Å²) in [6.07, 6.45) is 2.05. The Morgan fingerprint density at radius 1 is 1.16 bits per heavy atom. The molecule has 0 N–H and O–H groups in total. The second kappa shape index (κ2) is 8.88. The second-order valence-electron chi connectivity index (χ2n) is 9.55. The molecule has 2 aliphatic rings. The van der Waals surface area contributed by atoms with Gasteiger partial charge in [-0.25, -0.2) is 9.97 Å². The van der Waals surface area contributed by atoms with E-state index in [-0.39, 0.29) is 17.7 Å². The van der Waals surface area contributed by atoms with Crippen LogP contribution in [-0.2, 0) is 11.2 Å². The fourth-order valence-electron chi connectivity index (χ4n) is 4.58. The zero-order chi connectivity index (χ0) is 23.0. The lowest BCUT2D eigenvalue weighted by Gasteiger charge is -2.31. The van der Waals surface area contributed by atoms with Crippen LogP contribution in [0.2, 0.25) is 0 Å². The quantitative estimate of drug-likeness (QED) is 0.720. The first-order valence-electron chi connectivity index (χ1n) is 11.5. The van der Waals surface area contributed by atoms with E-state index in [0.717, 1.165) is 35.0 Å². The molecule has 0 saturated carbocycles. The number of rotatable bonds is 5. The summed E-state index contributed by atoms with van der Waals surface area (Å²) in [5, 5.41) is 0. The maximum Gasteiger partial charge on any atom is 0.253 e. The minimum Gasteiger partial charge on any atom is -0.378 e. The largest absolute Gasteiger partial charge is 0.378 e. The number of hydrogen-bond acceptors (Lipinski definition) is 5. The summed E-state index contributed by atoms with van der Waals surface area (Å²) in [5.41, 5.74) is 3.81. The van der Waals surface area contributed by atoms with Gasteiger partial charge in [0.1, 0.15) is 11.6 Å². The summed E-state index contributed by atoms with van der Waals surface area (Å²) < 4.78 is 0. The van der Waals surface area contributed by atoms with E-state index in [0.29, 0.717) is 44.0 Å². The molecule has 0 spiro atoms. The Balaban J connectivity index is 1.54. The van der Waals surface area contributed by atoms with Gasteiger partial charge in [0, 0.05) is 68.6 Å². The number of carbonyl (C=O) groups excluding carboxylic acids is 2. The van der Waals surface area contributed by atoms with Crippen LogP contribution in [-0.4, -0.2) is 60.4 Å². The summed E-state index contributed by atoms with van der Waals surface area (Å²) in [5.74, 6) is 2.16. The van der Waals surface area contributed by atoms with Gasteiger partial charge in [0.15, 0.2) is 0 Å². The summed E-state index contributed by atoms with van der Waals surface area (Å²) in [6.45, 7) is 8.19. The molecular formula is C25H33N5O2. The first-order valence-corrected chi connectivity index (χ1v) is 11.5. The number of aryl methyl sites for hydroxylation is 1. The van der Waals surface area contributed by atoms with Crippen LogP contribution in [0, 0.1) is 12.8 Å². The van der Waals surface area contributed by atoms with Crippen LogP contribution in [0.5, 0.6) is 0 Å². The molecule has 32 heavy (non-hydrogen) atoms. The molecule has 1 aromatic carbocycles. The van der Waals surface area contributed by atoms with E-state index in [1.54, 1.807) is 0 Å². The molecule has 0 unspecified atom stereocenters. The van der Waals surface area contributed by atoms with Crippen molar-refractivity contribution < 1.29 is 9.59 Å². The highest BCUT2D eigenvalue weighted by Crippen LogP contribution is 2.33. The van der Waals surface area contributed by atoms with Crippen molar-refractivity contribution in [3.05, 3.63) is 46.9 Å². The molecule has 2 aliphatic heterocycles. The lowest BCUT2D eigenvalue weighted by Crippen LogP contribution is -2.39. The number of aromatic nitrogens is 2. The molecule has 2 amide bonds. The van der Waals surface area contributed by atoms with E-state index in [4.69, 9.17) is 9.97 Å². The summed E-state index contributed by atoms with van der Waals surface area (Å²) >= 11 is 0. The summed E-state index contributed by atoms with van der Waals surface area (Å²) in [7, 11) is 3.97. The minimum atomic E-state index is 0.0455. The Kier molecular flexibility index (Phi) is 6.17. The van der Waals surface area contributed by atoms with Crippen LogP contribution >= 0.6 is 0 Å². The van der Waals surface area contributed by atoms with Crippen molar-refractivity contribution in [2.24, 2.45) is 5.92 Å². The first kappa shape index (κ1) is 22.2. The molecule has 0 radical (unpaired) electrons. The predicted octanol–water partition coefficient (Wildman–Crippen LogP) is 3.42. The van der Waals surface area contributed by atoms with Crippen molar-refractivity contribution in [1.82, 2.24) is 14.9 Å². The number of fused-ring (bicyclic) bond motifs is 1. The molecule has 170 valence electrons. The van der Waals surface area contributed by atoms with Crippen LogP contribution in [0.25, 0.3) is 0 Å². The Bertz CT molecular complexity index is 1020. The third kappa shape index (κ3) is 4.33. The Hall–Kier alpha value is -2.96. The maximum absolute atomic E-state index is 13.0. The fourth-order valence-corrected chi connectivity index (χ4v) is 4.58. The molecular weight excluding hydrogens is 402 g/mol. The van der Waals surface area contributed by atoms with Crippen LogP contribution < -0.4 is 9.80 Å². The Morgan fingerprint density at radius 3 is 2.53 bits per heavy atom. The van der Waals surface area contributed by atoms with Gasteiger partial charge in [-0.3, -0.25) is 14.5 Å². The first-order chi connectivity index (χ1) is 15.2. The van der Waals surface area contributed by atoms with E-state index >= 15 is 0 Å².